The molecule has 1 aliphatic rings. The summed E-state index contributed by atoms with van der Waals surface area (Å²) in [5.41, 5.74) is 6.61. The molecule has 19 heavy (non-hydrogen) atoms. The lowest BCUT2D eigenvalue weighted by Gasteiger charge is -2.28. The minimum absolute atomic E-state index is 0.00836. The fourth-order valence-electron chi connectivity index (χ4n) is 2.78. The summed E-state index contributed by atoms with van der Waals surface area (Å²) in [5.74, 6) is 0.111. The number of halogens is 1. The zero-order valence-corrected chi connectivity index (χ0v) is 12.9. The van der Waals surface area contributed by atoms with Gasteiger partial charge in [-0.25, -0.2) is 0 Å². The van der Waals surface area contributed by atoms with E-state index in [4.69, 9.17) is 5.73 Å². The zero-order chi connectivity index (χ0) is 13.9. The highest BCUT2D eigenvalue weighted by Gasteiger charge is 2.40. The summed E-state index contributed by atoms with van der Waals surface area (Å²) in [6, 6.07) is 8.04. The van der Waals surface area contributed by atoms with Crippen molar-refractivity contribution in [1.29, 1.82) is 0 Å². The lowest BCUT2D eigenvalue weighted by Crippen LogP contribution is -2.44. The van der Waals surface area contributed by atoms with E-state index < -0.39 is 0 Å². The molecular weight excluding hydrogens is 304 g/mol. The summed E-state index contributed by atoms with van der Waals surface area (Å²) in [5, 5.41) is 3.12. The Morgan fingerprint density at radius 2 is 2.16 bits per heavy atom. The summed E-state index contributed by atoms with van der Waals surface area (Å²) >= 11 is 3.45. The number of hydrogen-bond donors (Lipinski definition) is 2. The van der Waals surface area contributed by atoms with Crippen LogP contribution in [0.3, 0.4) is 0 Å². The van der Waals surface area contributed by atoms with Crippen molar-refractivity contribution in [1.82, 2.24) is 5.32 Å². The molecule has 1 aliphatic carbocycles. The molecule has 0 spiro atoms. The topological polar surface area (TPSA) is 55.1 Å². The largest absolute Gasteiger partial charge is 0.349 e. The van der Waals surface area contributed by atoms with Crippen molar-refractivity contribution in [2.45, 2.75) is 38.6 Å². The second kappa shape index (κ2) is 6.06. The molecule has 0 radical (unpaired) electrons. The van der Waals surface area contributed by atoms with Crippen molar-refractivity contribution in [3.63, 3.8) is 0 Å². The molecule has 1 atom stereocenters. The molecule has 1 aromatic carbocycles. The van der Waals surface area contributed by atoms with Crippen LogP contribution in [-0.4, -0.2) is 12.5 Å². The molecule has 2 rings (SSSR count). The van der Waals surface area contributed by atoms with Gasteiger partial charge >= 0.3 is 0 Å². The first-order valence-corrected chi connectivity index (χ1v) is 7.63. The van der Waals surface area contributed by atoms with Gasteiger partial charge in [-0.15, -0.1) is 0 Å². The zero-order valence-electron chi connectivity index (χ0n) is 11.3. The van der Waals surface area contributed by atoms with Crippen molar-refractivity contribution in [3.05, 3.63) is 34.3 Å². The van der Waals surface area contributed by atoms with Crippen LogP contribution < -0.4 is 11.1 Å². The van der Waals surface area contributed by atoms with E-state index in [1.165, 1.54) is 0 Å². The number of benzene rings is 1. The molecule has 4 heteroatoms. The van der Waals surface area contributed by atoms with Crippen molar-refractivity contribution in [2.24, 2.45) is 11.1 Å². The van der Waals surface area contributed by atoms with Gasteiger partial charge in [-0.3, -0.25) is 4.79 Å². The van der Waals surface area contributed by atoms with Crippen LogP contribution in [0.15, 0.2) is 28.7 Å². The molecule has 0 bridgehead atoms. The lowest BCUT2D eigenvalue weighted by atomic mass is 9.85. The van der Waals surface area contributed by atoms with E-state index in [2.05, 4.69) is 21.2 Å². The van der Waals surface area contributed by atoms with Gasteiger partial charge in [0, 0.05) is 11.0 Å². The average Bonchev–Trinajstić information content (AvgIpc) is 2.88. The Hall–Kier alpha value is -0.870. The van der Waals surface area contributed by atoms with Crippen molar-refractivity contribution in [3.8, 4) is 0 Å². The molecule has 3 nitrogen and oxygen atoms in total. The van der Waals surface area contributed by atoms with Gasteiger partial charge in [0.15, 0.2) is 0 Å². The third kappa shape index (κ3) is 3.18. The third-order valence-corrected chi connectivity index (χ3v) is 4.62. The van der Waals surface area contributed by atoms with Crippen LogP contribution in [0.25, 0.3) is 0 Å². The maximum absolute atomic E-state index is 12.5. The first-order valence-electron chi connectivity index (χ1n) is 6.84. The van der Waals surface area contributed by atoms with Gasteiger partial charge in [-0.05, 0) is 37.5 Å². The molecule has 0 aliphatic heterocycles. The predicted octanol–water partition coefficient (Wildman–Crippen LogP) is 3.15. The van der Waals surface area contributed by atoms with Crippen LogP contribution in [-0.2, 0) is 4.79 Å². The summed E-state index contributed by atoms with van der Waals surface area (Å²) in [6.45, 7) is 2.46. The maximum atomic E-state index is 12.5. The van der Waals surface area contributed by atoms with Crippen LogP contribution in [0.1, 0.15) is 44.2 Å². The minimum atomic E-state index is -0.333. The van der Waals surface area contributed by atoms with E-state index in [9.17, 15) is 4.79 Å². The number of amides is 1. The average molecular weight is 325 g/mol. The Morgan fingerprint density at radius 3 is 2.74 bits per heavy atom. The Bertz CT molecular complexity index is 455. The standard InChI is InChI=1S/C15H21BrN2O/c1-11(12-5-4-6-13(16)9-12)18-14(19)15(10-17)7-2-3-8-15/h4-6,9,11H,2-3,7-8,10,17H2,1H3,(H,18,19)/t11-/m0/s1. The van der Waals surface area contributed by atoms with Crippen LogP contribution >= 0.6 is 15.9 Å². The first kappa shape index (κ1) is 14.5. The fourth-order valence-corrected chi connectivity index (χ4v) is 3.20. The van der Waals surface area contributed by atoms with Gasteiger partial charge in [0.1, 0.15) is 0 Å². The Balaban J connectivity index is 2.06. The van der Waals surface area contributed by atoms with Crippen molar-refractivity contribution in [2.75, 3.05) is 6.54 Å². The van der Waals surface area contributed by atoms with Gasteiger partial charge in [0.25, 0.3) is 0 Å². The number of nitrogens with one attached hydrogen (secondary N) is 1. The summed E-state index contributed by atoms with van der Waals surface area (Å²) < 4.78 is 1.03. The summed E-state index contributed by atoms with van der Waals surface area (Å²) in [7, 11) is 0. The van der Waals surface area contributed by atoms with E-state index >= 15 is 0 Å². The highest BCUT2D eigenvalue weighted by atomic mass is 79.9. The molecular formula is C15H21BrN2O. The van der Waals surface area contributed by atoms with E-state index in [1.54, 1.807) is 0 Å². The Kier molecular flexibility index (Phi) is 4.63. The smallest absolute Gasteiger partial charge is 0.227 e. The van der Waals surface area contributed by atoms with Crippen molar-refractivity contribution < 1.29 is 4.79 Å². The van der Waals surface area contributed by atoms with Gasteiger partial charge in [-0.2, -0.15) is 0 Å². The third-order valence-electron chi connectivity index (χ3n) is 4.13. The van der Waals surface area contributed by atoms with Crippen LogP contribution in [0.4, 0.5) is 0 Å². The number of nitrogens with two attached hydrogens (primary N) is 1. The van der Waals surface area contributed by atoms with E-state index in [0.717, 1.165) is 35.7 Å². The number of hydrogen-bond acceptors (Lipinski definition) is 2. The molecule has 0 heterocycles. The number of carbonyl (C=O) groups is 1. The van der Waals surface area contributed by atoms with Gasteiger partial charge in [-0.1, -0.05) is 40.9 Å². The molecule has 0 saturated heterocycles. The van der Waals surface area contributed by atoms with Gasteiger partial charge in [0.2, 0.25) is 5.91 Å². The molecule has 104 valence electrons. The monoisotopic (exact) mass is 324 g/mol. The number of carbonyl (C=O) groups excluding carboxylic acids is 1. The van der Waals surface area contributed by atoms with Crippen LogP contribution in [0, 0.1) is 5.41 Å². The molecule has 3 N–H and O–H groups in total. The predicted molar refractivity (Wildman–Crippen MR) is 80.7 cm³/mol. The van der Waals surface area contributed by atoms with Gasteiger partial charge in [0.05, 0.1) is 11.5 Å². The summed E-state index contributed by atoms with van der Waals surface area (Å²) in [6.07, 6.45) is 4.05. The maximum Gasteiger partial charge on any atom is 0.227 e. The molecule has 1 amide bonds. The SMILES string of the molecule is C[C@H](NC(=O)C1(CN)CCCC1)c1cccc(Br)c1. The van der Waals surface area contributed by atoms with E-state index in [0.29, 0.717) is 6.54 Å². The van der Waals surface area contributed by atoms with Crippen molar-refractivity contribution >= 4 is 21.8 Å². The summed E-state index contributed by atoms with van der Waals surface area (Å²) in [4.78, 5) is 12.5. The highest BCUT2D eigenvalue weighted by molar-refractivity contribution is 9.10. The molecule has 1 aromatic rings. The second-order valence-electron chi connectivity index (χ2n) is 5.44. The molecule has 1 fully saturated rings. The van der Waals surface area contributed by atoms with Crippen LogP contribution in [0.2, 0.25) is 0 Å². The fraction of sp³-hybridized carbons (Fsp3) is 0.533. The first-order chi connectivity index (χ1) is 9.07. The highest BCUT2D eigenvalue weighted by Crippen LogP contribution is 2.37. The molecule has 0 unspecified atom stereocenters. The lowest BCUT2D eigenvalue weighted by molar-refractivity contribution is -0.131. The second-order valence-corrected chi connectivity index (χ2v) is 6.36. The Morgan fingerprint density at radius 1 is 1.47 bits per heavy atom. The quantitative estimate of drug-likeness (QED) is 0.893. The molecule has 0 aromatic heterocycles. The number of rotatable bonds is 4. The minimum Gasteiger partial charge on any atom is -0.349 e. The Labute approximate surface area is 123 Å². The van der Waals surface area contributed by atoms with Gasteiger partial charge < -0.3 is 11.1 Å². The van der Waals surface area contributed by atoms with Crippen LogP contribution in [0.5, 0.6) is 0 Å². The van der Waals surface area contributed by atoms with E-state index in [1.807, 2.05) is 31.2 Å². The van der Waals surface area contributed by atoms with E-state index in [-0.39, 0.29) is 17.4 Å². The molecule has 1 saturated carbocycles. The normalized spacial score (nSPS) is 19.1.